The van der Waals surface area contributed by atoms with Gasteiger partial charge in [0.1, 0.15) is 17.6 Å². The number of benzene rings is 2. The van der Waals surface area contributed by atoms with Crippen molar-refractivity contribution in [1.82, 2.24) is 0 Å². The molecule has 38 heavy (non-hydrogen) atoms. The van der Waals surface area contributed by atoms with E-state index in [9.17, 15) is 18.1 Å². The van der Waals surface area contributed by atoms with E-state index in [2.05, 4.69) is 11.9 Å². The molecule has 0 spiro atoms. The summed E-state index contributed by atoms with van der Waals surface area (Å²) in [6.07, 6.45) is 7.33. The number of hydrogen-bond donors (Lipinski definition) is 4. The summed E-state index contributed by atoms with van der Waals surface area (Å²) >= 11 is 0. The van der Waals surface area contributed by atoms with Crippen LogP contribution in [0.2, 0.25) is 0 Å². The van der Waals surface area contributed by atoms with Crippen molar-refractivity contribution in [3.8, 4) is 11.5 Å². The smallest absolute Gasteiger partial charge is 0.268 e. The summed E-state index contributed by atoms with van der Waals surface area (Å²) in [7, 11) is -4.29. The van der Waals surface area contributed by atoms with Crippen molar-refractivity contribution in [2.24, 2.45) is 16.5 Å². The lowest BCUT2D eigenvalue weighted by atomic mass is 9.91. The van der Waals surface area contributed by atoms with Crippen LogP contribution in [0.3, 0.4) is 0 Å². The number of nitrogens with zero attached hydrogens (tertiary/aromatic N) is 1. The molecule has 210 valence electrons. The van der Waals surface area contributed by atoms with Crippen LogP contribution < -0.4 is 16.2 Å². The summed E-state index contributed by atoms with van der Waals surface area (Å²) in [5, 5.41) is 8.65. The van der Waals surface area contributed by atoms with Gasteiger partial charge in [-0.2, -0.15) is 8.42 Å². The molecule has 0 heterocycles. The van der Waals surface area contributed by atoms with Gasteiger partial charge in [0.05, 0.1) is 5.25 Å². The average molecular weight is 548 g/mol. The Morgan fingerprint density at radius 3 is 2.26 bits per heavy atom. The van der Waals surface area contributed by atoms with Crippen molar-refractivity contribution < 1.29 is 27.6 Å². The molecule has 0 aliphatic carbocycles. The van der Waals surface area contributed by atoms with E-state index in [0.717, 1.165) is 30.4 Å². The van der Waals surface area contributed by atoms with Gasteiger partial charge in [-0.05, 0) is 67.0 Å². The zero-order valence-electron chi connectivity index (χ0n) is 22.2. The number of allylic oxidation sites excluding steroid dienone is 1. The third-order valence-electron chi connectivity index (χ3n) is 6.27. The van der Waals surface area contributed by atoms with Crippen LogP contribution in [0.15, 0.2) is 65.7 Å². The maximum Gasteiger partial charge on any atom is 0.268 e. The molecule has 3 atom stereocenters. The Morgan fingerprint density at radius 2 is 1.68 bits per heavy atom. The van der Waals surface area contributed by atoms with E-state index in [1.165, 1.54) is 0 Å². The lowest BCUT2D eigenvalue weighted by molar-refractivity contribution is 0.0819. The summed E-state index contributed by atoms with van der Waals surface area (Å²) in [5.41, 5.74) is 12.4. The minimum atomic E-state index is -4.29. The molecule has 0 aliphatic heterocycles. The standard InChI is InChI=1S/C28H41N3O6S/c1-3-5-6-18-36-27(23-10-14-24(32)15-11-23)9-7-8-26(38(33,34)35)19-21(4-2)22-12-16-25(17-13-22)37-20-31-28(29)30/h7,9-17,21,26-27,32H,3-6,8,18-20H2,1-2H3,(H4,29,30,31)(H,33,34,35). The molecular formula is C28H41N3O6S. The first-order chi connectivity index (χ1) is 18.1. The molecule has 6 N–H and O–H groups in total. The monoisotopic (exact) mass is 547 g/mol. The van der Waals surface area contributed by atoms with Gasteiger partial charge < -0.3 is 26.0 Å². The fourth-order valence-corrected chi connectivity index (χ4v) is 4.89. The second-order valence-electron chi connectivity index (χ2n) is 9.16. The van der Waals surface area contributed by atoms with Crippen molar-refractivity contribution in [1.29, 1.82) is 0 Å². The molecule has 0 radical (unpaired) electrons. The van der Waals surface area contributed by atoms with Crippen LogP contribution in [0.1, 0.15) is 75.5 Å². The third kappa shape index (κ3) is 11.1. The van der Waals surface area contributed by atoms with Crippen LogP contribution in [-0.4, -0.2) is 42.6 Å². The minimum Gasteiger partial charge on any atom is -0.508 e. The Labute approximate surface area is 226 Å². The zero-order valence-corrected chi connectivity index (χ0v) is 23.0. The van der Waals surface area contributed by atoms with E-state index in [1.807, 2.05) is 25.1 Å². The number of aromatic hydroxyl groups is 1. The fourth-order valence-electron chi connectivity index (χ4n) is 4.06. The van der Waals surface area contributed by atoms with Crippen LogP contribution in [0, 0.1) is 0 Å². The molecule has 9 nitrogen and oxygen atoms in total. The Bertz CT molecular complexity index is 1110. The van der Waals surface area contributed by atoms with Crippen molar-refractivity contribution in [2.75, 3.05) is 13.3 Å². The first-order valence-corrected chi connectivity index (χ1v) is 14.5. The molecule has 0 saturated heterocycles. The number of hydrogen-bond acceptors (Lipinski definition) is 6. The summed E-state index contributed by atoms with van der Waals surface area (Å²) in [6.45, 7) is 4.67. The van der Waals surface area contributed by atoms with Crippen LogP contribution in [-0.2, 0) is 14.9 Å². The molecule has 3 unspecified atom stereocenters. The Kier molecular flexibility index (Phi) is 13.1. The van der Waals surface area contributed by atoms with Gasteiger partial charge in [-0.25, -0.2) is 4.99 Å². The number of rotatable bonds is 17. The molecule has 2 aromatic carbocycles. The molecule has 0 aromatic heterocycles. The molecule has 0 aliphatic rings. The molecule has 2 aromatic rings. The highest BCUT2D eigenvalue weighted by molar-refractivity contribution is 7.86. The summed E-state index contributed by atoms with van der Waals surface area (Å²) in [6, 6.07) is 14.1. The lowest BCUT2D eigenvalue weighted by Crippen LogP contribution is -2.23. The molecule has 0 saturated carbocycles. The molecular weight excluding hydrogens is 506 g/mol. The van der Waals surface area contributed by atoms with Gasteiger partial charge in [-0.15, -0.1) is 0 Å². The summed E-state index contributed by atoms with van der Waals surface area (Å²) < 4.78 is 46.1. The number of phenolic OH excluding ortho intramolecular Hbond substituents is 1. The van der Waals surface area contributed by atoms with Crippen molar-refractivity contribution >= 4 is 16.1 Å². The molecule has 2 rings (SSSR count). The zero-order chi connectivity index (χ0) is 28.0. The van der Waals surface area contributed by atoms with E-state index in [-0.39, 0.29) is 43.3 Å². The van der Waals surface area contributed by atoms with E-state index in [4.69, 9.17) is 20.9 Å². The second kappa shape index (κ2) is 16.0. The van der Waals surface area contributed by atoms with E-state index < -0.39 is 15.4 Å². The van der Waals surface area contributed by atoms with Gasteiger partial charge >= 0.3 is 0 Å². The van der Waals surface area contributed by atoms with Gasteiger partial charge in [0.15, 0.2) is 12.7 Å². The van der Waals surface area contributed by atoms with Gasteiger partial charge in [-0.3, -0.25) is 4.55 Å². The van der Waals surface area contributed by atoms with Crippen LogP contribution in [0.4, 0.5) is 0 Å². The fraction of sp³-hybridized carbons (Fsp3) is 0.464. The maximum atomic E-state index is 12.3. The maximum absolute atomic E-state index is 12.3. The van der Waals surface area contributed by atoms with E-state index in [1.54, 1.807) is 42.5 Å². The topological polar surface area (TPSA) is 157 Å². The third-order valence-corrected chi connectivity index (χ3v) is 7.50. The molecule has 0 fully saturated rings. The number of unbranched alkanes of at least 4 members (excludes halogenated alkanes) is 2. The highest BCUT2D eigenvalue weighted by atomic mass is 32.2. The Morgan fingerprint density at radius 1 is 1.03 bits per heavy atom. The molecule has 10 heteroatoms. The molecule has 0 bridgehead atoms. The van der Waals surface area contributed by atoms with E-state index in [0.29, 0.717) is 18.8 Å². The van der Waals surface area contributed by atoms with Crippen molar-refractivity contribution in [3.05, 3.63) is 71.8 Å². The second-order valence-corrected chi connectivity index (χ2v) is 10.9. The summed E-state index contributed by atoms with van der Waals surface area (Å²) in [4.78, 5) is 3.78. The Balaban J connectivity index is 2.11. The SMILES string of the molecule is CCCCCOC(C=CCC(CC(CC)c1ccc(OCN=C(N)N)cc1)S(=O)(=O)O)c1ccc(O)cc1. The first kappa shape index (κ1) is 31.1. The van der Waals surface area contributed by atoms with Crippen molar-refractivity contribution in [3.63, 3.8) is 0 Å². The Hall–Kier alpha value is -3.08. The van der Waals surface area contributed by atoms with Gasteiger partial charge in [-0.1, -0.05) is 63.1 Å². The van der Waals surface area contributed by atoms with E-state index >= 15 is 0 Å². The van der Waals surface area contributed by atoms with Crippen LogP contribution in [0.25, 0.3) is 0 Å². The highest BCUT2D eigenvalue weighted by Gasteiger charge is 2.26. The minimum absolute atomic E-state index is 0.00348. The number of nitrogens with two attached hydrogens (primary N) is 2. The van der Waals surface area contributed by atoms with Gasteiger partial charge in [0, 0.05) is 6.61 Å². The average Bonchev–Trinajstić information content (AvgIpc) is 2.87. The predicted molar refractivity (Wildman–Crippen MR) is 151 cm³/mol. The lowest BCUT2D eigenvalue weighted by Gasteiger charge is -2.21. The van der Waals surface area contributed by atoms with Gasteiger partial charge in [0.25, 0.3) is 10.1 Å². The number of aliphatic imine (C=N–C) groups is 1. The summed E-state index contributed by atoms with van der Waals surface area (Å²) in [5.74, 6) is 0.602. The molecule has 0 amide bonds. The number of ether oxygens (including phenoxy) is 2. The van der Waals surface area contributed by atoms with Crippen molar-refractivity contribution in [2.45, 2.75) is 69.6 Å². The van der Waals surface area contributed by atoms with Crippen LogP contribution in [0.5, 0.6) is 11.5 Å². The first-order valence-electron chi connectivity index (χ1n) is 13.0. The normalized spacial score (nSPS) is 14.2. The predicted octanol–water partition coefficient (Wildman–Crippen LogP) is 5.04. The quantitative estimate of drug-likeness (QED) is 0.0705. The highest BCUT2D eigenvalue weighted by Crippen LogP contribution is 2.30. The van der Waals surface area contributed by atoms with Crippen LogP contribution >= 0.6 is 0 Å². The number of phenols is 1. The van der Waals surface area contributed by atoms with Gasteiger partial charge in [0.2, 0.25) is 0 Å². The number of guanidine groups is 1. The largest absolute Gasteiger partial charge is 0.508 e.